The van der Waals surface area contributed by atoms with E-state index < -0.39 is 5.95 Å². The van der Waals surface area contributed by atoms with Gasteiger partial charge in [0, 0.05) is 30.3 Å². The molecular weight excluding hydrogens is 195 g/mol. The molecule has 3 nitrogen and oxygen atoms in total. The highest BCUT2D eigenvalue weighted by atomic mass is 19.1. The summed E-state index contributed by atoms with van der Waals surface area (Å²) in [6, 6.07) is 2.40. The molecule has 1 atom stereocenters. The molecule has 1 unspecified atom stereocenters. The van der Waals surface area contributed by atoms with Crippen molar-refractivity contribution in [3.8, 4) is 12.3 Å². The molecule has 0 aliphatic heterocycles. The number of carbonyl (C=O) groups is 1. The topological polar surface area (TPSA) is 42.0 Å². The fourth-order valence-corrected chi connectivity index (χ4v) is 1.08. The Kier molecular flexibility index (Phi) is 3.81. The van der Waals surface area contributed by atoms with Crippen LogP contribution >= 0.6 is 0 Å². The zero-order valence-corrected chi connectivity index (χ0v) is 8.33. The number of amides is 1. The Morgan fingerprint density at radius 3 is 3.13 bits per heavy atom. The van der Waals surface area contributed by atoms with Crippen LogP contribution in [0.1, 0.15) is 23.7 Å². The summed E-state index contributed by atoms with van der Waals surface area (Å²) in [7, 11) is 0. The number of halogens is 1. The lowest BCUT2D eigenvalue weighted by molar-refractivity contribution is 0.0940. The van der Waals surface area contributed by atoms with Gasteiger partial charge in [0.15, 0.2) is 0 Å². The van der Waals surface area contributed by atoms with Gasteiger partial charge in [0.2, 0.25) is 5.95 Å². The summed E-state index contributed by atoms with van der Waals surface area (Å²) in [4.78, 5) is 14.9. The van der Waals surface area contributed by atoms with Crippen LogP contribution in [0.3, 0.4) is 0 Å². The molecule has 1 N–H and O–H groups in total. The Hall–Kier alpha value is -1.89. The first-order valence-corrected chi connectivity index (χ1v) is 4.49. The average Bonchev–Trinajstić information content (AvgIpc) is 2.18. The number of hydrogen-bond donors (Lipinski definition) is 1. The van der Waals surface area contributed by atoms with E-state index in [0.717, 1.165) is 6.07 Å². The van der Waals surface area contributed by atoms with Crippen LogP contribution in [-0.2, 0) is 0 Å². The van der Waals surface area contributed by atoms with Crippen molar-refractivity contribution < 1.29 is 9.18 Å². The second kappa shape index (κ2) is 5.11. The summed E-state index contributed by atoms with van der Waals surface area (Å²) in [5.41, 5.74) is 0.242. The highest BCUT2D eigenvalue weighted by Gasteiger charge is 2.09. The third-order valence-electron chi connectivity index (χ3n) is 1.79. The SMILES string of the molecule is C#CCC(C)NC(=O)c1ccnc(F)c1. The Bertz CT molecular complexity index is 398. The summed E-state index contributed by atoms with van der Waals surface area (Å²) in [5.74, 6) is 1.41. The summed E-state index contributed by atoms with van der Waals surface area (Å²) >= 11 is 0. The minimum Gasteiger partial charge on any atom is -0.349 e. The van der Waals surface area contributed by atoms with E-state index in [0.29, 0.717) is 6.42 Å². The molecule has 4 heteroatoms. The van der Waals surface area contributed by atoms with Crippen LogP contribution in [0.15, 0.2) is 18.3 Å². The van der Waals surface area contributed by atoms with Crippen molar-refractivity contribution in [2.24, 2.45) is 0 Å². The normalized spacial score (nSPS) is 11.5. The Balaban J connectivity index is 2.66. The van der Waals surface area contributed by atoms with Gasteiger partial charge in [-0.15, -0.1) is 12.3 Å². The van der Waals surface area contributed by atoms with Crippen molar-refractivity contribution in [3.05, 3.63) is 29.8 Å². The molecule has 1 rings (SSSR count). The van der Waals surface area contributed by atoms with E-state index in [1.54, 1.807) is 6.92 Å². The largest absolute Gasteiger partial charge is 0.349 e. The third kappa shape index (κ3) is 3.39. The van der Waals surface area contributed by atoms with Gasteiger partial charge in [0.1, 0.15) is 0 Å². The van der Waals surface area contributed by atoms with Gasteiger partial charge in [-0.1, -0.05) is 0 Å². The lowest BCUT2D eigenvalue weighted by Crippen LogP contribution is -2.32. The van der Waals surface area contributed by atoms with E-state index in [9.17, 15) is 9.18 Å². The van der Waals surface area contributed by atoms with Crippen molar-refractivity contribution in [3.63, 3.8) is 0 Å². The molecule has 0 fully saturated rings. The number of rotatable bonds is 3. The molecule has 0 spiro atoms. The maximum absolute atomic E-state index is 12.7. The van der Waals surface area contributed by atoms with Crippen LogP contribution < -0.4 is 5.32 Å². The summed E-state index contributed by atoms with van der Waals surface area (Å²) < 4.78 is 12.7. The van der Waals surface area contributed by atoms with E-state index in [2.05, 4.69) is 16.2 Å². The number of carbonyl (C=O) groups excluding carboxylic acids is 1. The second-order valence-corrected chi connectivity index (χ2v) is 3.15. The molecule has 1 aromatic heterocycles. The number of pyridine rings is 1. The summed E-state index contributed by atoms with van der Waals surface area (Å²) in [5, 5.41) is 2.65. The number of hydrogen-bond acceptors (Lipinski definition) is 2. The maximum atomic E-state index is 12.7. The predicted octanol–water partition coefficient (Wildman–Crippen LogP) is 1.36. The standard InChI is InChI=1S/C11H11FN2O/c1-3-4-8(2)14-11(15)9-5-6-13-10(12)7-9/h1,5-8H,4H2,2H3,(H,14,15). The van der Waals surface area contributed by atoms with Crippen molar-refractivity contribution in [2.45, 2.75) is 19.4 Å². The molecule has 0 saturated carbocycles. The van der Waals surface area contributed by atoms with E-state index in [1.165, 1.54) is 12.3 Å². The molecule has 15 heavy (non-hydrogen) atoms. The highest BCUT2D eigenvalue weighted by molar-refractivity contribution is 5.94. The van der Waals surface area contributed by atoms with E-state index in [-0.39, 0.29) is 17.5 Å². The van der Waals surface area contributed by atoms with Gasteiger partial charge in [-0.25, -0.2) is 4.98 Å². The Morgan fingerprint density at radius 2 is 2.53 bits per heavy atom. The van der Waals surface area contributed by atoms with Gasteiger partial charge in [0.05, 0.1) is 0 Å². The molecule has 1 aromatic rings. The van der Waals surface area contributed by atoms with Crippen LogP contribution in [0.2, 0.25) is 0 Å². The van der Waals surface area contributed by atoms with Gasteiger partial charge in [0.25, 0.3) is 5.91 Å². The van der Waals surface area contributed by atoms with Crippen molar-refractivity contribution >= 4 is 5.91 Å². The quantitative estimate of drug-likeness (QED) is 0.599. The Morgan fingerprint density at radius 1 is 1.80 bits per heavy atom. The van der Waals surface area contributed by atoms with Gasteiger partial charge < -0.3 is 5.32 Å². The van der Waals surface area contributed by atoms with E-state index in [4.69, 9.17) is 6.42 Å². The first-order chi connectivity index (χ1) is 7.13. The zero-order chi connectivity index (χ0) is 11.3. The summed E-state index contributed by atoms with van der Waals surface area (Å²) in [6.45, 7) is 1.79. The molecule has 0 radical (unpaired) electrons. The molecule has 0 saturated heterocycles. The molecule has 0 aliphatic rings. The van der Waals surface area contributed by atoms with Crippen molar-refractivity contribution in [2.75, 3.05) is 0 Å². The third-order valence-corrected chi connectivity index (χ3v) is 1.79. The van der Waals surface area contributed by atoms with Crippen molar-refractivity contribution in [1.82, 2.24) is 10.3 Å². The van der Waals surface area contributed by atoms with Crippen molar-refractivity contribution in [1.29, 1.82) is 0 Å². The van der Waals surface area contributed by atoms with E-state index in [1.807, 2.05) is 0 Å². The minimum absolute atomic E-state index is 0.126. The molecule has 1 heterocycles. The maximum Gasteiger partial charge on any atom is 0.251 e. The summed E-state index contributed by atoms with van der Waals surface area (Å²) in [6.07, 6.45) is 6.79. The van der Waals surface area contributed by atoms with Crippen LogP contribution in [0.5, 0.6) is 0 Å². The number of aromatic nitrogens is 1. The van der Waals surface area contributed by atoms with Crippen LogP contribution in [0, 0.1) is 18.3 Å². The van der Waals surface area contributed by atoms with Crippen LogP contribution in [-0.4, -0.2) is 16.9 Å². The molecule has 1 amide bonds. The smallest absolute Gasteiger partial charge is 0.251 e. The molecule has 0 aliphatic carbocycles. The van der Waals surface area contributed by atoms with Crippen LogP contribution in [0.25, 0.3) is 0 Å². The molecule has 0 bridgehead atoms. The fourth-order valence-electron chi connectivity index (χ4n) is 1.08. The van der Waals surface area contributed by atoms with E-state index >= 15 is 0 Å². The predicted molar refractivity (Wildman–Crippen MR) is 54.6 cm³/mol. The van der Waals surface area contributed by atoms with Gasteiger partial charge in [-0.2, -0.15) is 4.39 Å². The second-order valence-electron chi connectivity index (χ2n) is 3.15. The Labute approximate surface area is 87.7 Å². The highest BCUT2D eigenvalue weighted by Crippen LogP contribution is 2.01. The van der Waals surface area contributed by atoms with Gasteiger partial charge >= 0.3 is 0 Å². The van der Waals surface area contributed by atoms with Gasteiger partial charge in [-0.05, 0) is 13.0 Å². The van der Waals surface area contributed by atoms with Crippen LogP contribution in [0.4, 0.5) is 4.39 Å². The molecule has 0 aromatic carbocycles. The zero-order valence-electron chi connectivity index (χ0n) is 8.33. The molecular formula is C11H11FN2O. The number of nitrogens with one attached hydrogen (secondary N) is 1. The number of terminal acetylenes is 1. The lowest BCUT2D eigenvalue weighted by atomic mass is 10.2. The van der Waals surface area contributed by atoms with Gasteiger partial charge in [-0.3, -0.25) is 4.79 Å². The lowest BCUT2D eigenvalue weighted by Gasteiger charge is -2.10. The minimum atomic E-state index is -0.674. The monoisotopic (exact) mass is 206 g/mol. The molecule has 78 valence electrons. The fraction of sp³-hybridized carbons (Fsp3) is 0.273. The average molecular weight is 206 g/mol. The first-order valence-electron chi connectivity index (χ1n) is 4.49. The first kappa shape index (κ1) is 11.2. The number of nitrogens with zero attached hydrogens (tertiary/aromatic N) is 1.